The van der Waals surface area contributed by atoms with E-state index in [1.54, 1.807) is 11.3 Å². The van der Waals surface area contributed by atoms with Gasteiger partial charge in [-0.1, -0.05) is 6.92 Å². The topological polar surface area (TPSA) is 47.5 Å². The van der Waals surface area contributed by atoms with Crippen LogP contribution in [0.1, 0.15) is 25.6 Å². The lowest BCUT2D eigenvalue weighted by Gasteiger charge is -2.45. The van der Waals surface area contributed by atoms with Crippen LogP contribution in [0.15, 0.2) is 11.4 Å². The summed E-state index contributed by atoms with van der Waals surface area (Å²) in [7, 11) is 0. The van der Waals surface area contributed by atoms with Crippen LogP contribution in [-0.2, 0) is 15.9 Å². The van der Waals surface area contributed by atoms with Gasteiger partial charge in [-0.25, -0.2) is 9.97 Å². The van der Waals surface area contributed by atoms with E-state index in [1.807, 2.05) is 0 Å². The second-order valence-corrected chi connectivity index (χ2v) is 6.92. The first-order valence-electron chi connectivity index (χ1n) is 8.00. The Hall–Kier alpha value is -1.24. The second kappa shape index (κ2) is 5.76. The number of rotatable bonds is 2. The van der Waals surface area contributed by atoms with Gasteiger partial charge >= 0.3 is 0 Å². The Labute approximate surface area is 134 Å². The van der Waals surface area contributed by atoms with E-state index < -0.39 is 0 Å². The lowest BCUT2D eigenvalue weighted by atomic mass is 9.92. The molecule has 118 valence electrons. The molecule has 2 aromatic heterocycles. The predicted molar refractivity (Wildman–Crippen MR) is 87.7 cm³/mol. The fourth-order valence-corrected chi connectivity index (χ4v) is 4.13. The van der Waals surface area contributed by atoms with Gasteiger partial charge < -0.3 is 14.4 Å². The molecule has 2 saturated heterocycles. The Morgan fingerprint density at radius 2 is 2.14 bits per heavy atom. The highest BCUT2D eigenvalue weighted by Crippen LogP contribution is 2.34. The molecular weight excluding hydrogens is 298 g/mol. The highest BCUT2D eigenvalue weighted by molar-refractivity contribution is 7.16. The number of nitrogens with zero attached hydrogens (tertiary/aromatic N) is 3. The van der Waals surface area contributed by atoms with Gasteiger partial charge in [0.15, 0.2) is 0 Å². The van der Waals surface area contributed by atoms with Crippen molar-refractivity contribution in [3.05, 3.63) is 17.3 Å². The van der Waals surface area contributed by atoms with Gasteiger partial charge in [0.05, 0.1) is 17.6 Å². The van der Waals surface area contributed by atoms with E-state index in [0.29, 0.717) is 0 Å². The Bertz CT molecular complexity index is 661. The molecule has 22 heavy (non-hydrogen) atoms. The van der Waals surface area contributed by atoms with Crippen molar-refractivity contribution in [1.82, 2.24) is 9.97 Å². The molecule has 2 aliphatic rings. The number of hydrogen-bond acceptors (Lipinski definition) is 6. The lowest BCUT2D eigenvalue weighted by Crippen LogP contribution is -2.54. The zero-order valence-corrected chi connectivity index (χ0v) is 13.7. The van der Waals surface area contributed by atoms with Crippen LogP contribution in [0, 0.1) is 0 Å². The summed E-state index contributed by atoms with van der Waals surface area (Å²) in [6, 6.07) is 2.14. The maximum atomic E-state index is 6.15. The van der Waals surface area contributed by atoms with Gasteiger partial charge in [-0.3, -0.25) is 0 Å². The molecule has 0 N–H and O–H groups in total. The van der Waals surface area contributed by atoms with Crippen LogP contribution in [0.5, 0.6) is 0 Å². The van der Waals surface area contributed by atoms with Crippen molar-refractivity contribution in [2.24, 2.45) is 0 Å². The van der Waals surface area contributed by atoms with E-state index in [0.717, 1.165) is 68.6 Å². The first-order valence-corrected chi connectivity index (χ1v) is 8.88. The number of anilines is 1. The summed E-state index contributed by atoms with van der Waals surface area (Å²) in [5.41, 5.74) is -0.0594. The van der Waals surface area contributed by atoms with Gasteiger partial charge in [0.25, 0.3) is 0 Å². The highest BCUT2D eigenvalue weighted by atomic mass is 32.1. The highest BCUT2D eigenvalue weighted by Gasteiger charge is 2.39. The molecule has 0 bridgehead atoms. The van der Waals surface area contributed by atoms with E-state index in [9.17, 15) is 0 Å². The van der Waals surface area contributed by atoms with Crippen molar-refractivity contribution >= 4 is 27.4 Å². The normalized spacial score (nSPS) is 21.6. The van der Waals surface area contributed by atoms with Crippen LogP contribution in [-0.4, -0.2) is 48.5 Å². The Balaban J connectivity index is 1.70. The Kier molecular flexibility index (Phi) is 3.76. The third kappa shape index (κ3) is 2.49. The van der Waals surface area contributed by atoms with E-state index >= 15 is 0 Å². The molecule has 4 heterocycles. The zero-order valence-electron chi connectivity index (χ0n) is 12.9. The average molecular weight is 319 g/mol. The quantitative estimate of drug-likeness (QED) is 0.851. The van der Waals surface area contributed by atoms with Crippen molar-refractivity contribution in [2.45, 2.75) is 31.8 Å². The van der Waals surface area contributed by atoms with Gasteiger partial charge in [0.2, 0.25) is 0 Å². The molecule has 6 heteroatoms. The minimum atomic E-state index is -0.0594. The molecule has 0 unspecified atom stereocenters. The molecule has 2 fully saturated rings. The van der Waals surface area contributed by atoms with E-state index in [4.69, 9.17) is 14.5 Å². The number of morpholine rings is 1. The van der Waals surface area contributed by atoms with Crippen molar-refractivity contribution in [1.29, 1.82) is 0 Å². The van der Waals surface area contributed by atoms with Crippen LogP contribution in [0.2, 0.25) is 0 Å². The molecule has 0 atom stereocenters. The first-order chi connectivity index (χ1) is 10.8. The van der Waals surface area contributed by atoms with E-state index in [2.05, 4.69) is 28.3 Å². The van der Waals surface area contributed by atoms with Crippen LogP contribution in [0.25, 0.3) is 10.2 Å². The van der Waals surface area contributed by atoms with Crippen LogP contribution in [0.4, 0.5) is 5.82 Å². The summed E-state index contributed by atoms with van der Waals surface area (Å²) < 4.78 is 11.7. The SMILES string of the molecule is CCc1nc(N2CCOC3(CCOCC3)C2)c2ccsc2n1. The molecule has 0 aliphatic carbocycles. The zero-order chi connectivity index (χ0) is 15.0. The third-order valence-corrected chi connectivity index (χ3v) is 5.43. The van der Waals surface area contributed by atoms with Crippen molar-refractivity contribution in [2.75, 3.05) is 37.8 Å². The van der Waals surface area contributed by atoms with Crippen molar-refractivity contribution in [3.8, 4) is 0 Å². The number of hydrogen-bond donors (Lipinski definition) is 0. The molecule has 2 aromatic rings. The fourth-order valence-electron chi connectivity index (χ4n) is 3.35. The Morgan fingerprint density at radius 3 is 2.95 bits per heavy atom. The number of fused-ring (bicyclic) bond motifs is 1. The number of thiophene rings is 1. The summed E-state index contributed by atoms with van der Waals surface area (Å²) in [5, 5.41) is 3.28. The van der Waals surface area contributed by atoms with Gasteiger partial charge in [0, 0.05) is 45.6 Å². The number of aryl methyl sites for hydroxylation is 1. The minimum absolute atomic E-state index is 0.0594. The monoisotopic (exact) mass is 319 g/mol. The maximum Gasteiger partial charge on any atom is 0.141 e. The van der Waals surface area contributed by atoms with Crippen LogP contribution in [0.3, 0.4) is 0 Å². The van der Waals surface area contributed by atoms with Crippen LogP contribution >= 0.6 is 11.3 Å². The summed E-state index contributed by atoms with van der Waals surface area (Å²) in [5.74, 6) is 2.01. The number of aromatic nitrogens is 2. The molecule has 1 spiro atoms. The summed E-state index contributed by atoms with van der Waals surface area (Å²) in [6.07, 6.45) is 2.81. The second-order valence-electron chi connectivity index (χ2n) is 6.02. The fraction of sp³-hybridized carbons (Fsp3) is 0.625. The van der Waals surface area contributed by atoms with Crippen LogP contribution < -0.4 is 4.90 Å². The lowest BCUT2D eigenvalue weighted by molar-refractivity contribution is -0.116. The molecule has 0 saturated carbocycles. The van der Waals surface area contributed by atoms with E-state index in [-0.39, 0.29) is 5.60 Å². The summed E-state index contributed by atoms with van der Waals surface area (Å²) in [4.78, 5) is 13.0. The number of ether oxygens (including phenoxy) is 2. The van der Waals surface area contributed by atoms with Gasteiger partial charge in [-0.15, -0.1) is 11.3 Å². The third-order valence-electron chi connectivity index (χ3n) is 4.62. The largest absolute Gasteiger partial charge is 0.381 e. The van der Waals surface area contributed by atoms with Gasteiger partial charge in [0.1, 0.15) is 16.5 Å². The smallest absolute Gasteiger partial charge is 0.141 e. The molecule has 2 aliphatic heterocycles. The standard InChI is InChI=1S/C16H21N3O2S/c1-2-13-17-14(12-3-10-22-15(12)18-13)19-6-9-21-16(11-19)4-7-20-8-5-16/h3,10H,2,4-9,11H2,1H3. The average Bonchev–Trinajstić information content (AvgIpc) is 3.03. The van der Waals surface area contributed by atoms with Gasteiger partial charge in [-0.2, -0.15) is 0 Å². The summed E-state index contributed by atoms with van der Waals surface area (Å²) in [6.45, 7) is 6.27. The molecule has 5 nitrogen and oxygen atoms in total. The molecule has 0 radical (unpaired) electrons. The maximum absolute atomic E-state index is 6.15. The summed E-state index contributed by atoms with van der Waals surface area (Å²) >= 11 is 1.69. The van der Waals surface area contributed by atoms with Gasteiger partial charge in [-0.05, 0) is 11.4 Å². The molecule has 0 aromatic carbocycles. The minimum Gasteiger partial charge on any atom is -0.381 e. The van der Waals surface area contributed by atoms with Crippen molar-refractivity contribution < 1.29 is 9.47 Å². The molecular formula is C16H21N3O2S. The predicted octanol–water partition coefficient (Wildman–Crippen LogP) is 2.64. The van der Waals surface area contributed by atoms with E-state index in [1.165, 1.54) is 5.39 Å². The molecule has 0 amide bonds. The van der Waals surface area contributed by atoms with Crippen molar-refractivity contribution in [3.63, 3.8) is 0 Å². The first kappa shape index (κ1) is 14.4. The Morgan fingerprint density at radius 1 is 1.27 bits per heavy atom. The molecule has 4 rings (SSSR count).